The molecular weight excluding hydrogens is 316 g/mol. The number of hydrogen-bond donors (Lipinski definition) is 1. The van der Waals surface area contributed by atoms with Crippen LogP contribution in [0.15, 0.2) is 45.2 Å². The van der Waals surface area contributed by atoms with E-state index in [0.29, 0.717) is 0 Å². The van der Waals surface area contributed by atoms with Gasteiger partial charge < -0.3 is 5.73 Å². The third-order valence-electron chi connectivity index (χ3n) is 2.20. The lowest BCUT2D eigenvalue weighted by atomic mass is 10.3. The maximum atomic E-state index is 6.08. The SMILES string of the molecule is NC(CSc1ccc(Br)cc1)Cc1nccs1. The predicted molar refractivity (Wildman–Crippen MR) is 78.7 cm³/mol. The van der Waals surface area contributed by atoms with Crippen LogP contribution in [-0.4, -0.2) is 16.8 Å². The first-order valence-corrected chi connectivity index (χ1v) is 7.92. The average molecular weight is 329 g/mol. The molecule has 5 heteroatoms. The van der Waals surface area contributed by atoms with Crippen LogP contribution >= 0.6 is 39.0 Å². The third kappa shape index (κ3) is 4.43. The van der Waals surface area contributed by atoms with Crippen molar-refractivity contribution in [2.24, 2.45) is 5.73 Å². The highest BCUT2D eigenvalue weighted by molar-refractivity contribution is 9.10. The number of thioether (sulfide) groups is 1. The molecule has 2 N–H and O–H groups in total. The number of benzene rings is 1. The minimum atomic E-state index is 0.162. The third-order valence-corrected chi connectivity index (χ3v) is 4.73. The summed E-state index contributed by atoms with van der Waals surface area (Å²) in [5.74, 6) is 0.918. The minimum absolute atomic E-state index is 0.162. The highest BCUT2D eigenvalue weighted by Gasteiger charge is 2.06. The number of halogens is 1. The molecule has 1 unspecified atom stereocenters. The van der Waals surface area contributed by atoms with Gasteiger partial charge in [-0.15, -0.1) is 23.1 Å². The molecule has 1 heterocycles. The summed E-state index contributed by atoms with van der Waals surface area (Å²) in [4.78, 5) is 5.50. The molecule has 2 aromatic rings. The lowest BCUT2D eigenvalue weighted by molar-refractivity contribution is 0.744. The highest BCUT2D eigenvalue weighted by Crippen LogP contribution is 2.21. The van der Waals surface area contributed by atoms with Crippen molar-refractivity contribution in [3.8, 4) is 0 Å². The summed E-state index contributed by atoms with van der Waals surface area (Å²) in [6, 6.07) is 8.47. The maximum absolute atomic E-state index is 6.08. The second kappa shape index (κ2) is 6.54. The van der Waals surface area contributed by atoms with Crippen molar-refractivity contribution in [1.29, 1.82) is 0 Å². The van der Waals surface area contributed by atoms with E-state index >= 15 is 0 Å². The van der Waals surface area contributed by atoms with Gasteiger partial charge >= 0.3 is 0 Å². The van der Waals surface area contributed by atoms with Crippen molar-refractivity contribution >= 4 is 39.0 Å². The number of hydrogen-bond acceptors (Lipinski definition) is 4. The molecule has 2 nitrogen and oxygen atoms in total. The molecule has 0 aliphatic carbocycles. The first kappa shape index (κ1) is 13.1. The zero-order valence-corrected chi connectivity index (χ0v) is 12.4. The Kier molecular flexibility index (Phi) is 5.03. The van der Waals surface area contributed by atoms with Gasteiger partial charge in [-0.1, -0.05) is 15.9 Å². The van der Waals surface area contributed by atoms with Crippen LogP contribution in [0.1, 0.15) is 5.01 Å². The van der Waals surface area contributed by atoms with Crippen LogP contribution in [0.5, 0.6) is 0 Å². The minimum Gasteiger partial charge on any atom is -0.327 e. The fraction of sp³-hybridized carbons (Fsp3) is 0.250. The van der Waals surface area contributed by atoms with Gasteiger partial charge in [0.25, 0.3) is 0 Å². The van der Waals surface area contributed by atoms with Gasteiger partial charge in [-0.05, 0) is 24.3 Å². The van der Waals surface area contributed by atoms with Gasteiger partial charge in [-0.25, -0.2) is 4.98 Å². The van der Waals surface area contributed by atoms with Crippen LogP contribution in [-0.2, 0) is 6.42 Å². The number of nitrogens with two attached hydrogens (primary N) is 1. The Hall–Kier alpha value is -0.360. The molecule has 0 saturated heterocycles. The summed E-state index contributed by atoms with van der Waals surface area (Å²) in [6.07, 6.45) is 2.69. The van der Waals surface area contributed by atoms with Crippen molar-refractivity contribution in [1.82, 2.24) is 4.98 Å². The van der Waals surface area contributed by atoms with Crippen LogP contribution in [0, 0.1) is 0 Å². The molecule has 0 spiro atoms. The fourth-order valence-electron chi connectivity index (χ4n) is 1.37. The Labute approximate surface area is 118 Å². The Balaban J connectivity index is 1.79. The Morgan fingerprint density at radius 1 is 1.35 bits per heavy atom. The molecule has 90 valence electrons. The van der Waals surface area contributed by atoms with Crippen LogP contribution < -0.4 is 5.73 Å². The first-order chi connectivity index (χ1) is 8.24. The van der Waals surface area contributed by atoms with Crippen LogP contribution in [0.4, 0.5) is 0 Å². The second-order valence-electron chi connectivity index (χ2n) is 3.65. The Morgan fingerprint density at radius 2 is 2.12 bits per heavy atom. The zero-order valence-electron chi connectivity index (χ0n) is 9.17. The van der Waals surface area contributed by atoms with Gasteiger partial charge in [-0.2, -0.15) is 0 Å². The molecule has 1 aromatic carbocycles. The second-order valence-corrected chi connectivity index (χ2v) is 6.64. The van der Waals surface area contributed by atoms with Gasteiger partial charge in [0.1, 0.15) is 0 Å². The molecule has 0 aliphatic heterocycles. The van der Waals surface area contributed by atoms with Crippen molar-refractivity contribution in [3.05, 3.63) is 45.3 Å². The largest absolute Gasteiger partial charge is 0.327 e. The zero-order chi connectivity index (χ0) is 12.1. The van der Waals surface area contributed by atoms with E-state index in [1.165, 1.54) is 4.90 Å². The van der Waals surface area contributed by atoms with E-state index < -0.39 is 0 Å². The molecule has 0 amide bonds. The predicted octanol–water partition coefficient (Wildman–Crippen LogP) is 3.57. The Morgan fingerprint density at radius 3 is 2.76 bits per heavy atom. The van der Waals surface area contributed by atoms with E-state index in [2.05, 4.69) is 45.2 Å². The average Bonchev–Trinajstić information content (AvgIpc) is 2.81. The van der Waals surface area contributed by atoms with Crippen molar-refractivity contribution < 1.29 is 0 Å². The summed E-state index contributed by atoms with van der Waals surface area (Å²) >= 11 is 6.88. The molecule has 0 radical (unpaired) electrons. The molecule has 0 saturated carbocycles. The van der Waals surface area contributed by atoms with Gasteiger partial charge in [0, 0.05) is 39.2 Å². The maximum Gasteiger partial charge on any atom is 0.0940 e. The number of nitrogens with zero attached hydrogens (tertiary/aromatic N) is 1. The molecule has 0 aliphatic rings. The molecule has 0 fully saturated rings. The van der Waals surface area contributed by atoms with E-state index in [0.717, 1.165) is 21.7 Å². The number of aromatic nitrogens is 1. The van der Waals surface area contributed by atoms with Crippen LogP contribution in [0.3, 0.4) is 0 Å². The summed E-state index contributed by atoms with van der Waals surface area (Å²) < 4.78 is 1.11. The van der Waals surface area contributed by atoms with Gasteiger partial charge in [0.15, 0.2) is 0 Å². The van der Waals surface area contributed by atoms with Crippen molar-refractivity contribution in [3.63, 3.8) is 0 Å². The van der Waals surface area contributed by atoms with Crippen molar-refractivity contribution in [2.45, 2.75) is 17.4 Å². The lowest BCUT2D eigenvalue weighted by Gasteiger charge is -2.09. The van der Waals surface area contributed by atoms with E-state index in [4.69, 9.17) is 5.73 Å². The smallest absolute Gasteiger partial charge is 0.0940 e. The number of rotatable bonds is 5. The van der Waals surface area contributed by atoms with Gasteiger partial charge in [-0.3, -0.25) is 0 Å². The van der Waals surface area contributed by atoms with E-state index in [1.807, 2.05) is 11.6 Å². The fourth-order valence-corrected chi connectivity index (χ4v) is 3.20. The van der Waals surface area contributed by atoms with Gasteiger partial charge in [0.05, 0.1) is 5.01 Å². The topological polar surface area (TPSA) is 38.9 Å². The van der Waals surface area contributed by atoms with E-state index in [1.54, 1.807) is 23.1 Å². The normalized spacial score (nSPS) is 12.6. The van der Waals surface area contributed by atoms with Crippen LogP contribution in [0.25, 0.3) is 0 Å². The van der Waals surface area contributed by atoms with E-state index in [-0.39, 0.29) is 6.04 Å². The van der Waals surface area contributed by atoms with Gasteiger partial charge in [0.2, 0.25) is 0 Å². The summed E-state index contributed by atoms with van der Waals surface area (Å²) in [7, 11) is 0. The van der Waals surface area contributed by atoms with E-state index in [9.17, 15) is 0 Å². The molecule has 17 heavy (non-hydrogen) atoms. The highest BCUT2D eigenvalue weighted by atomic mass is 79.9. The van der Waals surface area contributed by atoms with Crippen molar-refractivity contribution in [2.75, 3.05) is 5.75 Å². The molecular formula is C12H13BrN2S2. The first-order valence-electron chi connectivity index (χ1n) is 5.26. The Bertz CT molecular complexity index is 442. The molecule has 0 bridgehead atoms. The molecule has 1 aromatic heterocycles. The summed E-state index contributed by atoms with van der Waals surface area (Å²) in [5.41, 5.74) is 6.08. The quantitative estimate of drug-likeness (QED) is 0.853. The van der Waals surface area contributed by atoms with Crippen LogP contribution in [0.2, 0.25) is 0 Å². The lowest BCUT2D eigenvalue weighted by Crippen LogP contribution is -2.25. The monoisotopic (exact) mass is 328 g/mol. The summed E-state index contributed by atoms with van der Waals surface area (Å²) in [6.45, 7) is 0. The molecule has 2 rings (SSSR count). The number of thiazole rings is 1. The standard InChI is InChI=1S/C12H13BrN2S2/c13-9-1-3-11(4-2-9)17-8-10(14)7-12-15-5-6-16-12/h1-6,10H,7-8,14H2. The molecule has 1 atom stereocenters. The summed E-state index contributed by atoms with van der Waals surface area (Å²) in [5, 5.41) is 3.11.